The van der Waals surface area contributed by atoms with Crippen LogP contribution in [0, 0.1) is 6.92 Å². The first-order valence-corrected chi connectivity index (χ1v) is 9.95. The molecule has 2 aliphatic rings. The number of aryl methyl sites for hydroxylation is 1. The summed E-state index contributed by atoms with van der Waals surface area (Å²) in [6.45, 7) is 9.50. The van der Waals surface area contributed by atoms with Crippen molar-refractivity contribution in [2.24, 2.45) is 0 Å². The van der Waals surface area contributed by atoms with Gasteiger partial charge in [-0.1, -0.05) is 12.1 Å². The maximum Gasteiger partial charge on any atom is 0.222 e. The Bertz CT molecular complexity index is 578. The molecule has 0 saturated carbocycles. The molecule has 3 rings (SSSR count). The number of benzene rings is 1. The molecule has 0 spiro atoms. The summed E-state index contributed by atoms with van der Waals surface area (Å²) in [4.78, 5) is 17.0. The molecule has 2 heterocycles. The summed E-state index contributed by atoms with van der Waals surface area (Å²) in [6, 6.07) is 8.64. The Kier molecular flexibility index (Phi) is 6.92. The van der Waals surface area contributed by atoms with Gasteiger partial charge < -0.3 is 14.4 Å². The zero-order valence-electron chi connectivity index (χ0n) is 16.2. The van der Waals surface area contributed by atoms with Crippen LogP contribution in [0.4, 0.5) is 0 Å². The highest BCUT2D eigenvalue weighted by atomic mass is 16.5. The van der Waals surface area contributed by atoms with Crippen LogP contribution in [0.2, 0.25) is 0 Å². The van der Waals surface area contributed by atoms with E-state index in [-0.39, 0.29) is 6.10 Å². The fraction of sp³-hybridized carbons (Fsp3) is 0.667. The minimum atomic E-state index is 0.216. The van der Waals surface area contributed by atoms with E-state index in [0.29, 0.717) is 18.4 Å². The van der Waals surface area contributed by atoms with Crippen LogP contribution in [0.25, 0.3) is 0 Å². The summed E-state index contributed by atoms with van der Waals surface area (Å²) in [7, 11) is 0. The van der Waals surface area contributed by atoms with Gasteiger partial charge in [0.25, 0.3) is 0 Å². The molecular formula is C21H32N2O3. The molecule has 0 radical (unpaired) electrons. The fourth-order valence-electron chi connectivity index (χ4n) is 3.80. The van der Waals surface area contributed by atoms with Crippen molar-refractivity contribution in [1.82, 2.24) is 9.80 Å². The lowest BCUT2D eigenvalue weighted by molar-refractivity contribution is -0.133. The Balaban J connectivity index is 1.37. The Morgan fingerprint density at radius 1 is 1.23 bits per heavy atom. The lowest BCUT2D eigenvalue weighted by Gasteiger charge is -2.34. The molecule has 1 amide bonds. The van der Waals surface area contributed by atoms with Crippen molar-refractivity contribution in [1.29, 1.82) is 0 Å². The van der Waals surface area contributed by atoms with Crippen molar-refractivity contribution in [3.8, 4) is 5.75 Å². The maximum absolute atomic E-state index is 12.5. The second-order valence-electron chi connectivity index (χ2n) is 7.55. The van der Waals surface area contributed by atoms with E-state index in [4.69, 9.17) is 9.47 Å². The second-order valence-corrected chi connectivity index (χ2v) is 7.55. The molecule has 1 atom stereocenters. The predicted molar refractivity (Wildman–Crippen MR) is 102 cm³/mol. The summed E-state index contributed by atoms with van der Waals surface area (Å²) in [5.41, 5.74) is 1.21. The number of nitrogens with zero attached hydrogens (tertiary/aromatic N) is 2. The number of hydrogen-bond acceptors (Lipinski definition) is 4. The van der Waals surface area contributed by atoms with Gasteiger partial charge >= 0.3 is 0 Å². The van der Waals surface area contributed by atoms with Gasteiger partial charge in [-0.05, 0) is 38.0 Å². The van der Waals surface area contributed by atoms with Crippen LogP contribution in [-0.2, 0) is 9.53 Å². The molecule has 26 heavy (non-hydrogen) atoms. The molecule has 0 bridgehead atoms. The topological polar surface area (TPSA) is 42.0 Å². The van der Waals surface area contributed by atoms with Crippen LogP contribution in [-0.4, -0.2) is 67.2 Å². The van der Waals surface area contributed by atoms with E-state index in [0.717, 1.165) is 64.4 Å². The first kappa shape index (κ1) is 19.2. The van der Waals surface area contributed by atoms with Crippen LogP contribution in [0.5, 0.6) is 5.75 Å². The molecule has 0 aliphatic carbocycles. The van der Waals surface area contributed by atoms with Crippen LogP contribution in [0.1, 0.15) is 38.2 Å². The third-order valence-electron chi connectivity index (χ3n) is 5.53. The molecule has 144 valence electrons. The van der Waals surface area contributed by atoms with Gasteiger partial charge in [-0.25, -0.2) is 0 Å². The lowest BCUT2D eigenvalue weighted by atomic mass is 10.1. The van der Waals surface area contributed by atoms with Crippen molar-refractivity contribution in [2.75, 3.05) is 39.4 Å². The zero-order chi connectivity index (χ0) is 18.4. The molecule has 0 aromatic heterocycles. The predicted octanol–water partition coefficient (Wildman–Crippen LogP) is 2.87. The Morgan fingerprint density at radius 3 is 2.65 bits per heavy atom. The number of carbonyl (C=O) groups excluding carboxylic acids is 1. The highest BCUT2D eigenvalue weighted by Crippen LogP contribution is 2.21. The average Bonchev–Trinajstić information content (AvgIpc) is 2.67. The number of morpholine rings is 1. The molecule has 5 heteroatoms. The highest BCUT2D eigenvalue weighted by Gasteiger charge is 2.25. The van der Waals surface area contributed by atoms with E-state index in [2.05, 4.69) is 30.9 Å². The van der Waals surface area contributed by atoms with E-state index in [1.165, 1.54) is 5.56 Å². The normalized spacial score (nSPS) is 20.8. The van der Waals surface area contributed by atoms with Gasteiger partial charge in [0.05, 0.1) is 13.2 Å². The van der Waals surface area contributed by atoms with Crippen molar-refractivity contribution in [3.63, 3.8) is 0 Å². The SMILES string of the molecule is Cc1cccc(OC2CCN(C(=O)CC[C@H](C)N3CCOCC3)CC2)c1. The Labute approximate surface area is 157 Å². The second kappa shape index (κ2) is 9.38. The first-order valence-electron chi connectivity index (χ1n) is 9.95. The van der Waals surface area contributed by atoms with Crippen molar-refractivity contribution in [3.05, 3.63) is 29.8 Å². The van der Waals surface area contributed by atoms with Crippen molar-refractivity contribution >= 4 is 5.91 Å². The third kappa shape index (κ3) is 5.45. The molecule has 0 unspecified atom stereocenters. The van der Waals surface area contributed by atoms with Gasteiger partial charge in [0.1, 0.15) is 11.9 Å². The van der Waals surface area contributed by atoms with Crippen molar-refractivity contribution in [2.45, 2.75) is 51.7 Å². The summed E-state index contributed by atoms with van der Waals surface area (Å²) in [6.07, 6.45) is 3.62. The maximum atomic E-state index is 12.5. The molecule has 2 saturated heterocycles. The summed E-state index contributed by atoms with van der Waals surface area (Å²) < 4.78 is 11.5. The van der Waals surface area contributed by atoms with Gasteiger partial charge in [0.15, 0.2) is 0 Å². The van der Waals surface area contributed by atoms with E-state index in [1.54, 1.807) is 0 Å². The quantitative estimate of drug-likeness (QED) is 0.782. The van der Waals surface area contributed by atoms with Crippen LogP contribution in [0.3, 0.4) is 0 Å². The standard InChI is InChI=1S/C21H32N2O3/c1-17-4-3-5-20(16-17)26-19-8-10-23(11-9-19)21(24)7-6-18(2)22-12-14-25-15-13-22/h3-5,16,18-19H,6-15H2,1-2H3/t18-/m0/s1. The van der Waals surface area contributed by atoms with Gasteiger partial charge in [-0.3, -0.25) is 9.69 Å². The lowest BCUT2D eigenvalue weighted by Crippen LogP contribution is -2.44. The summed E-state index contributed by atoms with van der Waals surface area (Å²) in [5, 5.41) is 0. The Hall–Kier alpha value is -1.59. The number of hydrogen-bond donors (Lipinski definition) is 0. The van der Waals surface area contributed by atoms with Crippen molar-refractivity contribution < 1.29 is 14.3 Å². The van der Waals surface area contributed by atoms with Gasteiger partial charge in [-0.2, -0.15) is 0 Å². The number of carbonyl (C=O) groups is 1. The molecule has 5 nitrogen and oxygen atoms in total. The van der Waals surface area contributed by atoms with Gasteiger partial charge in [0.2, 0.25) is 5.91 Å². The van der Waals surface area contributed by atoms with Gasteiger partial charge in [-0.15, -0.1) is 0 Å². The van der Waals surface area contributed by atoms with E-state index in [1.807, 2.05) is 17.0 Å². The molecule has 2 aliphatic heterocycles. The van der Waals surface area contributed by atoms with E-state index in [9.17, 15) is 4.79 Å². The monoisotopic (exact) mass is 360 g/mol. The minimum Gasteiger partial charge on any atom is -0.490 e. The molecular weight excluding hydrogens is 328 g/mol. The number of amides is 1. The third-order valence-corrected chi connectivity index (χ3v) is 5.53. The highest BCUT2D eigenvalue weighted by molar-refractivity contribution is 5.76. The largest absolute Gasteiger partial charge is 0.490 e. The molecule has 2 fully saturated rings. The Morgan fingerprint density at radius 2 is 1.96 bits per heavy atom. The smallest absolute Gasteiger partial charge is 0.222 e. The van der Waals surface area contributed by atoms with Crippen LogP contribution >= 0.6 is 0 Å². The minimum absolute atomic E-state index is 0.216. The van der Waals surface area contributed by atoms with Gasteiger partial charge in [0, 0.05) is 51.5 Å². The number of rotatable bonds is 6. The summed E-state index contributed by atoms with van der Waals surface area (Å²) >= 11 is 0. The molecule has 1 aromatic rings. The molecule has 1 aromatic carbocycles. The average molecular weight is 360 g/mol. The summed E-state index contributed by atoms with van der Waals surface area (Å²) in [5.74, 6) is 1.23. The van der Waals surface area contributed by atoms with Crippen LogP contribution < -0.4 is 4.74 Å². The van der Waals surface area contributed by atoms with Crippen LogP contribution in [0.15, 0.2) is 24.3 Å². The fourth-order valence-corrected chi connectivity index (χ4v) is 3.80. The van der Waals surface area contributed by atoms with E-state index < -0.39 is 0 Å². The zero-order valence-corrected chi connectivity index (χ0v) is 16.2. The number of ether oxygens (including phenoxy) is 2. The first-order chi connectivity index (χ1) is 12.6. The number of likely N-dealkylation sites (tertiary alicyclic amines) is 1. The van der Waals surface area contributed by atoms with E-state index >= 15 is 0 Å². The molecule has 0 N–H and O–H groups in total. The number of piperidine rings is 1.